The maximum atomic E-state index is 12.4. The van der Waals surface area contributed by atoms with Crippen LogP contribution in [0.1, 0.15) is 37.9 Å². The minimum atomic E-state index is -0.634. The lowest BCUT2D eigenvalue weighted by Gasteiger charge is -2.30. The highest BCUT2D eigenvalue weighted by Crippen LogP contribution is 2.27. The summed E-state index contributed by atoms with van der Waals surface area (Å²) in [7, 11) is 0. The normalized spacial score (nSPS) is 28.1. The van der Waals surface area contributed by atoms with Gasteiger partial charge < -0.3 is 9.47 Å². The van der Waals surface area contributed by atoms with Crippen LogP contribution in [-0.4, -0.2) is 31.3 Å². The topological polar surface area (TPSA) is 71.6 Å². The highest BCUT2D eigenvalue weighted by molar-refractivity contribution is 5.76. The third kappa shape index (κ3) is 4.09. The van der Waals surface area contributed by atoms with Gasteiger partial charge in [-0.1, -0.05) is 30.3 Å². The monoisotopic (exact) mass is 319 g/mol. The van der Waals surface area contributed by atoms with Gasteiger partial charge in [-0.15, -0.1) is 0 Å². The molecule has 1 aromatic carbocycles. The summed E-state index contributed by atoms with van der Waals surface area (Å²) < 4.78 is 11.2. The van der Waals surface area contributed by atoms with Gasteiger partial charge in [-0.3, -0.25) is 0 Å². The van der Waals surface area contributed by atoms with Crippen LogP contribution in [0.3, 0.4) is 0 Å². The molecule has 3 N–H and O–H groups in total. The summed E-state index contributed by atoms with van der Waals surface area (Å²) in [6, 6.07) is 10.4. The number of ether oxygens (including phenoxy) is 2. The predicted molar refractivity (Wildman–Crippen MR) is 86.1 cm³/mol. The standard InChI is InChI=1S/C17H25N3O3/c1-2-22-16(13-6-4-3-5-7-13)17(21)23-11-12-8-9-14-15(10-12)19-20-18-14/h3-7,12,14-16,18-20H,2,8-11H2,1H3. The smallest absolute Gasteiger partial charge is 0.339 e. The quantitative estimate of drug-likeness (QED) is 0.690. The summed E-state index contributed by atoms with van der Waals surface area (Å²) in [5.41, 5.74) is 10.3. The van der Waals surface area contributed by atoms with Crippen LogP contribution < -0.4 is 16.4 Å². The van der Waals surface area contributed by atoms with Crippen molar-refractivity contribution in [3.05, 3.63) is 35.9 Å². The molecule has 1 saturated heterocycles. The molecule has 2 aliphatic rings. The van der Waals surface area contributed by atoms with Crippen molar-refractivity contribution in [3.63, 3.8) is 0 Å². The van der Waals surface area contributed by atoms with Crippen molar-refractivity contribution < 1.29 is 14.3 Å². The molecule has 0 aromatic heterocycles. The maximum Gasteiger partial charge on any atom is 0.339 e. The Bertz CT molecular complexity index is 511. The summed E-state index contributed by atoms with van der Waals surface area (Å²) in [5.74, 6) is 0.100. The van der Waals surface area contributed by atoms with Crippen molar-refractivity contribution in [3.8, 4) is 0 Å². The van der Waals surface area contributed by atoms with Crippen LogP contribution in [0.4, 0.5) is 0 Å². The molecule has 1 saturated carbocycles. The lowest BCUT2D eigenvalue weighted by Crippen LogP contribution is -2.40. The second-order valence-electron chi connectivity index (χ2n) is 6.18. The summed E-state index contributed by atoms with van der Waals surface area (Å²) >= 11 is 0. The molecule has 1 aromatic rings. The van der Waals surface area contributed by atoms with Gasteiger partial charge in [0.15, 0.2) is 6.10 Å². The zero-order valence-electron chi connectivity index (χ0n) is 13.5. The molecule has 4 unspecified atom stereocenters. The fourth-order valence-electron chi connectivity index (χ4n) is 3.34. The maximum absolute atomic E-state index is 12.4. The molecule has 2 fully saturated rings. The van der Waals surface area contributed by atoms with E-state index < -0.39 is 6.10 Å². The third-order valence-electron chi connectivity index (χ3n) is 4.59. The lowest BCUT2D eigenvalue weighted by atomic mass is 9.83. The first-order valence-electron chi connectivity index (χ1n) is 8.37. The van der Waals surface area contributed by atoms with Crippen molar-refractivity contribution in [1.29, 1.82) is 0 Å². The van der Waals surface area contributed by atoms with E-state index >= 15 is 0 Å². The van der Waals surface area contributed by atoms with Crippen LogP contribution in [0.15, 0.2) is 30.3 Å². The van der Waals surface area contributed by atoms with E-state index in [0.717, 1.165) is 24.8 Å². The Balaban J connectivity index is 1.53. The lowest BCUT2D eigenvalue weighted by molar-refractivity contribution is -0.159. The summed E-state index contributed by atoms with van der Waals surface area (Å²) in [5, 5.41) is 0. The molecule has 126 valence electrons. The molecule has 6 nitrogen and oxygen atoms in total. The van der Waals surface area contributed by atoms with Crippen molar-refractivity contribution >= 4 is 5.97 Å². The second kappa shape index (κ2) is 7.88. The van der Waals surface area contributed by atoms with E-state index in [4.69, 9.17) is 9.47 Å². The van der Waals surface area contributed by atoms with E-state index in [9.17, 15) is 4.79 Å². The van der Waals surface area contributed by atoms with Crippen molar-refractivity contribution in [2.45, 2.75) is 44.4 Å². The highest BCUT2D eigenvalue weighted by Gasteiger charge is 2.34. The van der Waals surface area contributed by atoms with Crippen LogP contribution in [0.25, 0.3) is 0 Å². The Labute approximate surface area is 136 Å². The van der Waals surface area contributed by atoms with Crippen LogP contribution in [0.5, 0.6) is 0 Å². The molecular formula is C17H25N3O3. The van der Waals surface area contributed by atoms with E-state index in [1.165, 1.54) is 0 Å². The summed E-state index contributed by atoms with van der Waals surface area (Å²) in [6.07, 6.45) is 2.52. The molecule has 0 radical (unpaired) electrons. The largest absolute Gasteiger partial charge is 0.463 e. The van der Waals surface area contributed by atoms with Gasteiger partial charge in [0, 0.05) is 18.7 Å². The number of nitrogens with one attached hydrogen (secondary N) is 3. The number of rotatable bonds is 6. The Morgan fingerprint density at radius 1 is 1.22 bits per heavy atom. The van der Waals surface area contributed by atoms with E-state index in [-0.39, 0.29) is 5.97 Å². The summed E-state index contributed by atoms with van der Waals surface area (Å²) in [4.78, 5) is 12.4. The molecule has 3 rings (SSSR count). The van der Waals surface area contributed by atoms with Gasteiger partial charge in [0.1, 0.15) is 0 Å². The molecule has 1 aliphatic carbocycles. The van der Waals surface area contributed by atoms with Gasteiger partial charge in [-0.05, 0) is 37.7 Å². The Hall–Kier alpha value is -1.47. The van der Waals surface area contributed by atoms with E-state index in [1.54, 1.807) is 0 Å². The average molecular weight is 319 g/mol. The van der Waals surface area contributed by atoms with Gasteiger partial charge in [0.2, 0.25) is 0 Å². The third-order valence-corrected chi connectivity index (χ3v) is 4.59. The van der Waals surface area contributed by atoms with Gasteiger partial charge in [-0.2, -0.15) is 5.53 Å². The van der Waals surface area contributed by atoms with E-state index in [0.29, 0.717) is 31.2 Å². The SMILES string of the molecule is CCOC(C(=O)OCC1CCC2NNNC2C1)c1ccccc1. The highest BCUT2D eigenvalue weighted by atomic mass is 16.6. The van der Waals surface area contributed by atoms with Gasteiger partial charge in [0.25, 0.3) is 0 Å². The minimum Gasteiger partial charge on any atom is -0.463 e. The molecule has 6 heteroatoms. The molecule has 0 bridgehead atoms. The molecule has 1 heterocycles. The number of esters is 1. The van der Waals surface area contributed by atoms with Crippen LogP contribution >= 0.6 is 0 Å². The number of carbonyl (C=O) groups excluding carboxylic acids is 1. The summed E-state index contributed by atoms with van der Waals surface area (Å²) in [6.45, 7) is 2.82. The molecule has 4 atom stereocenters. The Kier molecular flexibility index (Phi) is 5.61. The number of hydrogen-bond donors (Lipinski definition) is 3. The molecule has 0 amide bonds. The van der Waals surface area contributed by atoms with Crippen molar-refractivity contribution in [2.75, 3.05) is 13.2 Å². The average Bonchev–Trinajstić information content (AvgIpc) is 3.06. The Morgan fingerprint density at radius 3 is 2.78 bits per heavy atom. The van der Waals surface area contributed by atoms with Crippen molar-refractivity contribution in [2.24, 2.45) is 5.92 Å². The minimum absolute atomic E-state index is 0.296. The molecule has 1 aliphatic heterocycles. The van der Waals surface area contributed by atoms with Crippen molar-refractivity contribution in [1.82, 2.24) is 16.4 Å². The van der Waals surface area contributed by atoms with Gasteiger partial charge >= 0.3 is 5.97 Å². The van der Waals surface area contributed by atoms with E-state index in [2.05, 4.69) is 16.4 Å². The number of carbonyl (C=O) groups is 1. The number of hydrazine groups is 2. The zero-order chi connectivity index (χ0) is 16.1. The fraction of sp³-hybridized carbons (Fsp3) is 0.588. The fourth-order valence-corrected chi connectivity index (χ4v) is 3.34. The molecule has 23 heavy (non-hydrogen) atoms. The zero-order valence-corrected chi connectivity index (χ0v) is 13.5. The number of fused-ring (bicyclic) bond motifs is 1. The number of benzene rings is 1. The van der Waals surface area contributed by atoms with E-state index in [1.807, 2.05) is 37.3 Å². The Morgan fingerprint density at radius 2 is 2.00 bits per heavy atom. The van der Waals surface area contributed by atoms with Gasteiger partial charge in [0.05, 0.1) is 6.61 Å². The van der Waals surface area contributed by atoms with Crippen LogP contribution in [-0.2, 0) is 14.3 Å². The molecular weight excluding hydrogens is 294 g/mol. The first kappa shape index (κ1) is 16.4. The first-order valence-corrected chi connectivity index (χ1v) is 8.37. The van der Waals surface area contributed by atoms with Crippen LogP contribution in [0.2, 0.25) is 0 Å². The predicted octanol–water partition coefficient (Wildman–Crippen LogP) is 1.46. The van der Waals surface area contributed by atoms with Gasteiger partial charge in [-0.25, -0.2) is 15.6 Å². The first-order chi connectivity index (χ1) is 11.3. The number of hydrogen-bond acceptors (Lipinski definition) is 6. The molecule has 0 spiro atoms. The van der Waals surface area contributed by atoms with Crippen LogP contribution in [0, 0.1) is 5.92 Å². The second-order valence-corrected chi connectivity index (χ2v) is 6.18.